The van der Waals surface area contributed by atoms with E-state index >= 15 is 0 Å². The molecule has 2 aliphatic rings. The largest absolute Gasteiger partial charge is 0.492 e. The van der Waals surface area contributed by atoms with Gasteiger partial charge in [0.05, 0.1) is 11.5 Å². The molecule has 2 N–H and O–H groups in total. The Bertz CT molecular complexity index is 1110. The zero-order valence-electron chi connectivity index (χ0n) is 21.0. The van der Waals surface area contributed by atoms with Crippen LogP contribution in [0.25, 0.3) is 11.1 Å². The van der Waals surface area contributed by atoms with Crippen molar-refractivity contribution in [1.82, 2.24) is 9.80 Å². The molecule has 0 bridgehead atoms. The topological polar surface area (TPSA) is 102 Å². The average Bonchev–Trinajstić information content (AvgIpc) is 3.41. The lowest BCUT2D eigenvalue weighted by molar-refractivity contribution is -0.121. The number of likely N-dealkylation sites (tertiary alicyclic amines) is 2. The fourth-order valence-electron chi connectivity index (χ4n) is 5.10. The van der Waals surface area contributed by atoms with Crippen LogP contribution >= 0.6 is 0 Å². The summed E-state index contributed by atoms with van der Waals surface area (Å²) in [7, 11) is -2.32. The summed E-state index contributed by atoms with van der Waals surface area (Å²) in [5.41, 5.74) is 7.55. The van der Waals surface area contributed by atoms with Crippen molar-refractivity contribution in [2.45, 2.75) is 35.3 Å². The van der Waals surface area contributed by atoms with E-state index in [-0.39, 0.29) is 17.7 Å². The summed E-state index contributed by atoms with van der Waals surface area (Å²) < 4.78 is 36.6. The second-order valence-electron chi connectivity index (χ2n) is 9.64. The van der Waals surface area contributed by atoms with Crippen LogP contribution in [0, 0.1) is 0 Å². The molecule has 9 heteroatoms. The maximum absolute atomic E-state index is 13.6. The van der Waals surface area contributed by atoms with Gasteiger partial charge in [-0.2, -0.15) is 0 Å². The van der Waals surface area contributed by atoms with Gasteiger partial charge in [-0.05, 0) is 74.2 Å². The SMILES string of the molecule is COCCN1CCC(C(N)=O)(S(=O)(=O)c2ccc(-c3ccc(OCCN4CCCC4)cc3)cc2)CC1. The smallest absolute Gasteiger partial charge is 0.239 e. The van der Waals surface area contributed by atoms with Crippen LogP contribution in [0.3, 0.4) is 0 Å². The van der Waals surface area contributed by atoms with Gasteiger partial charge in [0.15, 0.2) is 14.6 Å². The number of hydrogen-bond acceptors (Lipinski definition) is 7. The molecule has 1 amide bonds. The molecule has 0 atom stereocenters. The molecule has 4 rings (SSSR count). The van der Waals surface area contributed by atoms with Crippen LogP contribution in [0.5, 0.6) is 5.75 Å². The van der Waals surface area contributed by atoms with Gasteiger partial charge in [-0.3, -0.25) is 9.69 Å². The first-order valence-electron chi connectivity index (χ1n) is 12.7. The van der Waals surface area contributed by atoms with Crippen LogP contribution in [0.2, 0.25) is 0 Å². The van der Waals surface area contributed by atoms with Crippen LogP contribution in [-0.2, 0) is 19.4 Å². The number of hydrogen-bond donors (Lipinski definition) is 1. The Kier molecular flexibility index (Phi) is 8.66. The molecule has 8 nitrogen and oxygen atoms in total. The highest BCUT2D eigenvalue weighted by Crippen LogP contribution is 2.36. The second kappa shape index (κ2) is 11.7. The summed E-state index contributed by atoms with van der Waals surface area (Å²) in [5.74, 6) is 0.0377. The summed E-state index contributed by atoms with van der Waals surface area (Å²) >= 11 is 0. The van der Waals surface area contributed by atoms with Crippen LogP contribution in [0.15, 0.2) is 53.4 Å². The third-order valence-electron chi connectivity index (χ3n) is 7.47. The van der Waals surface area contributed by atoms with E-state index < -0.39 is 20.5 Å². The number of ether oxygens (including phenoxy) is 2. The number of rotatable bonds is 11. The molecule has 2 aromatic carbocycles. The zero-order chi connectivity index (χ0) is 25.6. The van der Waals surface area contributed by atoms with Gasteiger partial charge >= 0.3 is 0 Å². The molecule has 0 spiro atoms. The van der Waals surface area contributed by atoms with Crippen molar-refractivity contribution < 1.29 is 22.7 Å². The maximum atomic E-state index is 13.6. The number of primary amides is 1. The lowest BCUT2D eigenvalue weighted by atomic mass is 9.95. The van der Waals surface area contributed by atoms with E-state index in [0.717, 1.165) is 36.5 Å². The first kappa shape index (κ1) is 26.6. The van der Waals surface area contributed by atoms with E-state index in [4.69, 9.17) is 15.2 Å². The second-order valence-corrected chi connectivity index (χ2v) is 11.9. The zero-order valence-corrected chi connectivity index (χ0v) is 21.8. The van der Waals surface area contributed by atoms with Crippen LogP contribution in [-0.4, -0.2) is 88.5 Å². The highest BCUT2D eigenvalue weighted by atomic mass is 32.2. The average molecular weight is 516 g/mol. The summed E-state index contributed by atoms with van der Waals surface area (Å²) in [6, 6.07) is 14.5. The Labute approximate surface area is 214 Å². The number of nitrogens with zero attached hydrogens (tertiary/aromatic N) is 2. The predicted molar refractivity (Wildman–Crippen MR) is 140 cm³/mol. The molecule has 0 aromatic heterocycles. The van der Waals surface area contributed by atoms with Gasteiger partial charge in [0.2, 0.25) is 5.91 Å². The number of methoxy groups -OCH3 is 1. The minimum Gasteiger partial charge on any atom is -0.492 e. The highest BCUT2D eigenvalue weighted by molar-refractivity contribution is 7.93. The molecule has 0 saturated carbocycles. The minimum absolute atomic E-state index is 0.122. The van der Waals surface area contributed by atoms with Gasteiger partial charge in [-0.15, -0.1) is 0 Å². The number of amides is 1. The standard InChI is InChI=1S/C27H37N3O5S/c1-34-20-18-30-16-12-27(13-17-30,26(28)31)36(32,33)25-10-6-23(7-11-25)22-4-8-24(9-5-22)35-21-19-29-14-2-3-15-29/h4-11H,2-3,12-21H2,1H3,(H2,28,31). The van der Waals surface area contributed by atoms with E-state index in [2.05, 4.69) is 9.80 Å². The molecular formula is C27H37N3O5S. The van der Waals surface area contributed by atoms with Gasteiger partial charge in [-0.1, -0.05) is 24.3 Å². The van der Waals surface area contributed by atoms with Crippen molar-refractivity contribution in [3.05, 3.63) is 48.5 Å². The third kappa shape index (κ3) is 5.75. The number of piperidine rings is 1. The molecule has 2 fully saturated rings. The van der Waals surface area contributed by atoms with Gasteiger partial charge in [0, 0.05) is 33.3 Å². The predicted octanol–water partition coefficient (Wildman–Crippen LogP) is 2.57. The lowest BCUT2D eigenvalue weighted by Crippen LogP contribution is -2.57. The first-order chi connectivity index (χ1) is 17.4. The Morgan fingerprint density at radius 2 is 1.39 bits per heavy atom. The first-order valence-corrected chi connectivity index (χ1v) is 14.2. The number of benzene rings is 2. The minimum atomic E-state index is -3.95. The molecule has 196 valence electrons. The fourth-order valence-corrected chi connectivity index (χ4v) is 7.03. The molecule has 0 aliphatic carbocycles. The van der Waals surface area contributed by atoms with Crippen molar-refractivity contribution in [3.8, 4) is 16.9 Å². The number of carbonyl (C=O) groups excluding carboxylic acids is 1. The number of sulfone groups is 1. The highest BCUT2D eigenvalue weighted by Gasteiger charge is 2.51. The van der Waals surface area contributed by atoms with Gasteiger partial charge in [0.1, 0.15) is 12.4 Å². The van der Waals surface area contributed by atoms with E-state index in [9.17, 15) is 13.2 Å². The third-order valence-corrected chi connectivity index (χ3v) is 10.00. The van der Waals surface area contributed by atoms with Gasteiger partial charge < -0.3 is 20.1 Å². The van der Waals surface area contributed by atoms with Crippen molar-refractivity contribution in [2.24, 2.45) is 5.73 Å². The van der Waals surface area contributed by atoms with E-state index in [1.165, 1.54) is 12.8 Å². The summed E-state index contributed by atoms with van der Waals surface area (Å²) in [6.07, 6.45) is 2.89. The van der Waals surface area contributed by atoms with E-state index in [1.807, 2.05) is 24.3 Å². The van der Waals surface area contributed by atoms with E-state index in [0.29, 0.717) is 32.8 Å². The van der Waals surface area contributed by atoms with Gasteiger partial charge in [-0.25, -0.2) is 8.42 Å². The Balaban J connectivity index is 1.41. The van der Waals surface area contributed by atoms with Crippen LogP contribution < -0.4 is 10.5 Å². The molecule has 36 heavy (non-hydrogen) atoms. The summed E-state index contributed by atoms with van der Waals surface area (Å²) in [4.78, 5) is 17.1. The molecule has 2 aliphatic heterocycles. The summed E-state index contributed by atoms with van der Waals surface area (Å²) in [5, 5.41) is 0. The normalized spacial score (nSPS) is 18.8. The molecule has 0 unspecified atom stereocenters. The molecule has 2 saturated heterocycles. The Morgan fingerprint density at radius 1 is 0.861 bits per heavy atom. The lowest BCUT2D eigenvalue weighted by Gasteiger charge is -2.38. The molecule has 0 radical (unpaired) electrons. The van der Waals surface area contributed by atoms with E-state index in [1.54, 1.807) is 31.4 Å². The Morgan fingerprint density at radius 3 is 1.94 bits per heavy atom. The molecular weight excluding hydrogens is 478 g/mol. The fraction of sp³-hybridized carbons (Fsp3) is 0.519. The van der Waals surface area contributed by atoms with Crippen molar-refractivity contribution in [2.75, 3.05) is 59.6 Å². The monoisotopic (exact) mass is 515 g/mol. The van der Waals surface area contributed by atoms with Crippen molar-refractivity contribution in [1.29, 1.82) is 0 Å². The number of nitrogens with two attached hydrogens (primary N) is 1. The molecule has 2 aromatic rings. The maximum Gasteiger partial charge on any atom is 0.239 e. The van der Waals surface area contributed by atoms with Gasteiger partial charge in [0.25, 0.3) is 0 Å². The Hall–Kier alpha value is -2.46. The van der Waals surface area contributed by atoms with Crippen LogP contribution in [0.4, 0.5) is 0 Å². The van der Waals surface area contributed by atoms with Crippen molar-refractivity contribution in [3.63, 3.8) is 0 Å². The van der Waals surface area contributed by atoms with Crippen LogP contribution in [0.1, 0.15) is 25.7 Å². The van der Waals surface area contributed by atoms with Crippen molar-refractivity contribution >= 4 is 15.7 Å². The summed E-state index contributed by atoms with van der Waals surface area (Å²) in [6.45, 7) is 6.13. The number of carbonyl (C=O) groups is 1. The quantitative estimate of drug-likeness (QED) is 0.491. The molecule has 2 heterocycles.